The summed E-state index contributed by atoms with van der Waals surface area (Å²) in [7, 11) is 0. The Morgan fingerprint density at radius 1 is 1.14 bits per heavy atom. The molecule has 0 radical (unpaired) electrons. The normalized spacial score (nSPS) is 11.8. The van der Waals surface area contributed by atoms with Crippen molar-refractivity contribution in [2.45, 2.75) is 39.7 Å². The number of nitrogens with zero attached hydrogens (tertiary/aromatic N) is 4. The van der Waals surface area contributed by atoms with Crippen molar-refractivity contribution in [3.63, 3.8) is 0 Å². The minimum atomic E-state index is -0.372. The third-order valence-electron chi connectivity index (χ3n) is 6.12. The summed E-state index contributed by atoms with van der Waals surface area (Å²) >= 11 is 0. The average molecular weight is 477 g/mol. The van der Waals surface area contributed by atoms with E-state index < -0.39 is 0 Å². The van der Waals surface area contributed by atoms with Crippen molar-refractivity contribution in [3.8, 4) is 6.07 Å². The van der Waals surface area contributed by atoms with Crippen LogP contribution in [-0.2, 0) is 19.4 Å². The molecule has 0 amide bonds. The standard InChI is InChI=1S/C31H29FN4/c1-4-17-36-30-16-9-22(2)18-29(30)35-31(36)20-23-10-14-26(15-11-23)28(34-3)8-6-5-7-25-13-12-24(21-33)19-27(25)32/h5-6,8-16,18-19H,3-4,7,17,20H2,1-2H3/b6-5-,28-8-. The van der Waals surface area contributed by atoms with E-state index in [0.29, 0.717) is 17.5 Å². The molecule has 0 fully saturated rings. The first-order valence-electron chi connectivity index (χ1n) is 12.1. The number of hydrogen-bond donors (Lipinski definition) is 0. The van der Waals surface area contributed by atoms with Gasteiger partial charge in [-0.2, -0.15) is 5.26 Å². The van der Waals surface area contributed by atoms with Crippen LogP contribution in [0, 0.1) is 24.1 Å². The van der Waals surface area contributed by atoms with Crippen LogP contribution in [-0.4, -0.2) is 16.3 Å². The van der Waals surface area contributed by atoms with Crippen molar-refractivity contribution in [3.05, 3.63) is 118 Å². The Morgan fingerprint density at radius 2 is 1.94 bits per heavy atom. The highest BCUT2D eigenvalue weighted by Gasteiger charge is 2.11. The maximum absolute atomic E-state index is 14.1. The third-order valence-corrected chi connectivity index (χ3v) is 6.12. The Bertz CT molecular complexity index is 1480. The highest BCUT2D eigenvalue weighted by Crippen LogP contribution is 2.22. The van der Waals surface area contributed by atoms with E-state index >= 15 is 0 Å². The minimum absolute atomic E-state index is 0.319. The third kappa shape index (κ3) is 5.67. The first kappa shape index (κ1) is 24.8. The van der Waals surface area contributed by atoms with Crippen LogP contribution >= 0.6 is 0 Å². The Morgan fingerprint density at radius 3 is 2.64 bits per heavy atom. The number of allylic oxidation sites excluding steroid dienone is 3. The van der Waals surface area contributed by atoms with Gasteiger partial charge in [0.2, 0.25) is 0 Å². The number of hydrogen-bond acceptors (Lipinski definition) is 3. The molecule has 1 aromatic heterocycles. The number of aliphatic imine (C=N–C) groups is 1. The lowest BCUT2D eigenvalue weighted by Crippen LogP contribution is -2.04. The Kier molecular flexibility index (Phi) is 7.87. The quantitative estimate of drug-likeness (QED) is 0.189. The van der Waals surface area contributed by atoms with Gasteiger partial charge in [0.15, 0.2) is 0 Å². The van der Waals surface area contributed by atoms with Gasteiger partial charge >= 0.3 is 0 Å². The fourth-order valence-corrected chi connectivity index (χ4v) is 4.25. The van der Waals surface area contributed by atoms with Crippen LogP contribution in [0.15, 0.2) is 83.9 Å². The average Bonchev–Trinajstić information content (AvgIpc) is 3.21. The highest BCUT2D eigenvalue weighted by molar-refractivity contribution is 5.77. The van der Waals surface area contributed by atoms with Crippen LogP contribution in [0.1, 0.15) is 47.0 Å². The molecule has 0 spiro atoms. The van der Waals surface area contributed by atoms with E-state index in [1.807, 2.05) is 36.4 Å². The molecule has 0 saturated carbocycles. The number of benzene rings is 3. The Labute approximate surface area is 211 Å². The first-order valence-corrected chi connectivity index (χ1v) is 12.1. The zero-order chi connectivity index (χ0) is 25.5. The molecule has 0 aliphatic rings. The summed E-state index contributed by atoms with van der Waals surface area (Å²) in [6, 6.07) is 21.2. The summed E-state index contributed by atoms with van der Waals surface area (Å²) in [5.74, 6) is 0.698. The molecule has 3 aromatic carbocycles. The zero-order valence-electron chi connectivity index (χ0n) is 20.7. The van der Waals surface area contributed by atoms with E-state index in [1.54, 1.807) is 12.1 Å². The molecule has 36 heavy (non-hydrogen) atoms. The second-order valence-electron chi connectivity index (χ2n) is 8.81. The lowest BCUT2D eigenvalue weighted by atomic mass is 10.1. The number of aryl methyl sites for hydroxylation is 2. The predicted molar refractivity (Wildman–Crippen MR) is 145 cm³/mol. The van der Waals surface area contributed by atoms with E-state index in [4.69, 9.17) is 10.2 Å². The maximum atomic E-state index is 14.1. The van der Waals surface area contributed by atoms with Gasteiger partial charge < -0.3 is 4.57 Å². The van der Waals surface area contributed by atoms with Crippen LogP contribution in [0.3, 0.4) is 0 Å². The van der Waals surface area contributed by atoms with Crippen molar-refractivity contribution >= 4 is 23.4 Å². The second kappa shape index (κ2) is 11.4. The smallest absolute Gasteiger partial charge is 0.128 e. The predicted octanol–water partition coefficient (Wildman–Crippen LogP) is 7.20. The van der Waals surface area contributed by atoms with Crippen LogP contribution in [0.2, 0.25) is 0 Å². The van der Waals surface area contributed by atoms with Crippen molar-refractivity contribution in [1.82, 2.24) is 9.55 Å². The van der Waals surface area contributed by atoms with Gasteiger partial charge in [0.05, 0.1) is 28.4 Å². The molecule has 0 atom stereocenters. The number of nitriles is 1. The molecule has 0 unspecified atom stereocenters. The molecule has 4 aromatic rings. The second-order valence-corrected chi connectivity index (χ2v) is 8.81. The van der Waals surface area contributed by atoms with E-state index in [0.717, 1.165) is 42.0 Å². The number of imidazole rings is 1. The van der Waals surface area contributed by atoms with E-state index in [9.17, 15) is 4.39 Å². The maximum Gasteiger partial charge on any atom is 0.128 e. The van der Waals surface area contributed by atoms with Crippen molar-refractivity contribution in [1.29, 1.82) is 5.26 Å². The summed E-state index contributed by atoms with van der Waals surface area (Å²) in [6.45, 7) is 8.93. The van der Waals surface area contributed by atoms with E-state index in [2.05, 4.69) is 60.5 Å². The van der Waals surface area contributed by atoms with E-state index in [-0.39, 0.29) is 5.82 Å². The number of rotatable bonds is 9. The fourth-order valence-electron chi connectivity index (χ4n) is 4.25. The molecule has 180 valence electrons. The Hall–Kier alpha value is -4.30. The van der Waals surface area contributed by atoms with Gasteiger partial charge in [-0.3, -0.25) is 4.99 Å². The lowest BCUT2D eigenvalue weighted by Gasteiger charge is -2.09. The van der Waals surface area contributed by atoms with Gasteiger partial charge in [-0.15, -0.1) is 0 Å². The molecule has 5 heteroatoms. The van der Waals surface area contributed by atoms with Gasteiger partial charge in [-0.05, 0) is 73.5 Å². The molecule has 4 rings (SSSR count). The van der Waals surface area contributed by atoms with Crippen LogP contribution in [0.25, 0.3) is 16.7 Å². The molecule has 4 nitrogen and oxygen atoms in total. The number of halogens is 1. The molecule has 1 heterocycles. The molecular weight excluding hydrogens is 447 g/mol. The van der Waals surface area contributed by atoms with Gasteiger partial charge in [0, 0.05) is 18.5 Å². The molecule has 0 aliphatic carbocycles. The summed E-state index contributed by atoms with van der Waals surface area (Å²) in [5.41, 5.74) is 7.18. The fraction of sp³-hybridized carbons (Fsp3) is 0.194. The largest absolute Gasteiger partial charge is 0.328 e. The van der Waals surface area contributed by atoms with Gasteiger partial charge in [-0.1, -0.05) is 55.5 Å². The summed E-state index contributed by atoms with van der Waals surface area (Å²) in [6.07, 6.45) is 7.82. The van der Waals surface area contributed by atoms with Crippen LogP contribution < -0.4 is 0 Å². The minimum Gasteiger partial charge on any atom is -0.328 e. The SMILES string of the molecule is C=N/C(=C\C=C/Cc1ccc(C#N)cc1F)c1ccc(Cc2nc3cc(C)ccc3n2CCC)cc1. The topological polar surface area (TPSA) is 54.0 Å². The summed E-state index contributed by atoms with van der Waals surface area (Å²) in [4.78, 5) is 9.09. The van der Waals surface area contributed by atoms with Gasteiger partial charge in [-0.25, -0.2) is 9.37 Å². The Balaban J connectivity index is 1.48. The van der Waals surface area contributed by atoms with Crippen molar-refractivity contribution < 1.29 is 4.39 Å². The van der Waals surface area contributed by atoms with Crippen molar-refractivity contribution in [2.24, 2.45) is 4.99 Å². The summed E-state index contributed by atoms with van der Waals surface area (Å²) < 4.78 is 16.4. The molecular formula is C31H29FN4. The zero-order valence-corrected chi connectivity index (χ0v) is 20.7. The lowest BCUT2D eigenvalue weighted by molar-refractivity contribution is 0.614. The number of fused-ring (bicyclic) bond motifs is 1. The monoisotopic (exact) mass is 476 g/mol. The summed E-state index contributed by atoms with van der Waals surface area (Å²) in [5, 5.41) is 8.87. The molecule has 0 aliphatic heterocycles. The number of aromatic nitrogens is 2. The van der Waals surface area contributed by atoms with Crippen LogP contribution in [0.5, 0.6) is 0 Å². The van der Waals surface area contributed by atoms with Crippen molar-refractivity contribution in [2.75, 3.05) is 0 Å². The first-order chi connectivity index (χ1) is 17.5. The molecule has 0 bridgehead atoms. The van der Waals surface area contributed by atoms with Gasteiger partial charge in [0.1, 0.15) is 11.6 Å². The van der Waals surface area contributed by atoms with Crippen LogP contribution in [0.4, 0.5) is 4.39 Å². The highest BCUT2D eigenvalue weighted by atomic mass is 19.1. The molecule has 0 saturated heterocycles. The molecule has 0 N–H and O–H groups in total. The van der Waals surface area contributed by atoms with E-state index in [1.165, 1.54) is 22.7 Å². The van der Waals surface area contributed by atoms with Gasteiger partial charge in [0.25, 0.3) is 0 Å².